The molecular formula is C23H28N2O3S. The number of amides is 1. The summed E-state index contributed by atoms with van der Waals surface area (Å²) in [4.78, 5) is 15.0. The maximum absolute atomic E-state index is 12.9. The van der Waals surface area contributed by atoms with Crippen molar-refractivity contribution in [3.8, 4) is 0 Å². The first-order valence-corrected chi connectivity index (χ1v) is 11.9. The number of fused-ring (bicyclic) bond motifs is 1. The van der Waals surface area contributed by atoms with Crippen LogP contribution in [0.15, 0.2) is 47.4 Å². The second-order valence-electron chi connectivity index (χ2n) is 8.39. The third-order valence-corrected chi connectivity index (χ3v) is 7.46. The van der Waals surface area contributed by atoms with Gasteiger partial charge in [0.25, 0.3) is 10.0 Å². The predicted octanol–water partition coefficient (Wildman–Crippen LogP) is 4.69. The molecule has 1 aliphatic heterocycles. The molecule has 29 heavy (non-hydrogen) atoms. The van der Waals surface area contributed by atoms with Crippen LogP contribution in [0, 0.1) is 5.92 Å². The second kappa shape index (κ2) is 7.82. The average Bonchev–Trinajstić information content (AvgIpc) is 3.37. The smallest absolute Gasteiger partial charge is 0.261 e. The molecule has 0 unspecified atom stereocenters. The van der Waals surface area contributed by atoms with Crippen LogP contribution in [0.25, 0.3) is 0 Å². The minimum absolute atomic E-state index is 0.112. The summed E-state index contributed by atoms with van der Waals surface area (Å²) in [5, 5.41) is 0. The highest BCUT2D eigenvalue weighted by Gasteiger charge is 2.32. The molecule has 5 nitrogen and oxygen atoms in total. The Morgan fingerprint density at radius 2 is 1.76 bits per heavy atom. The summed E-state index contributed by atoms with van der Waals surface area (Å²) >= 11 is 0. The molecule has 0 aromatic heterocycles. The van der Waals surface area contributed by atoms with Crippen LogP contribution >= 0.6 is 0 Å². The summed E-state index contributed by atoms with van der Waals surface area (Å²) in [5.41, 5.74) is 3.53. The molecule has 2 aromatic rings. The Hall–Kier alpha value is -2.34. The number of rotatable bonds is 5. The molecule has 0 atom stereocenters. The molecule has 1 fully saturated rings. The number of nitrogens with one attached hydrogen (secondary N) is 1. The van der Waals surface area contributed by atoms with Crippen LogP contribution in [0.4, 0.5) is 11.4 Å². The van der Waals surface area contributed by atoms with Gasteiger partial charge in [-0.1, -0.05) is 44.9 Å². The molecule has 1 N–H and O–H groups in total. The number of carbonyl (C=O) groups is 1. The lowest BCUT2D eigenvalue weighted by atomic mass is 10.0. The zero-order valence-corrected chi connectivity index (χ0v) is 17.8. The van der Waals surface area contributed by atoms with E-state index in [0.29, 0.717) is 18.2 Å². The number of benzene rings is 2. The molecule has 1 heterocycles. The van der Waals surface area contributed by atoms with Gasteiger partial charge in [0.05, 0.1) is 10.6 Å². The highest BCUT2D eigenvalue weighted by Crippen LogP contribution is 2.35. The van der Waals surface area contributed by atoms with Gasteiger partial charge in [-0.15, -0.1) is 0 Å². The Kier molecular flexibility index (Phi) is 5.38. The zero-order chi connectivity index (χ0) is 20.6. The van der Waals surface area contributed by atoms with Gasteiger partial charge in [-0.3, -0.25) is 9.52 Å². The van der Waals surface area contributed by atoms with E-state index in [1.165, 1.54) is 0 Å². The third-order valence-electron chi connectivity index (χ3n) is 6.06. The van der Waals surface area contributed by atoms with E-state index in [4.69, 9.17) is 0 Å². The summed E-state index contributed by atoms with van der Waals surface area (Å²) in [7, 11) is -3.68. The van der Waals surface area contributed by atoms with Gasteiger partial charge in [-0.05, 0) is 60.6 Å². The summed E-state index contributed by atoms with van der Waals surface area (Å²) < 4.78 is 28.3. The number of carbonyl (C=O) groups excluding carboxylic acids is 1. The van der Waals surface area contributed by atoms with Crippen molar-refractivity contribution < 1.29 is 13.2 Å². The molecule has 0 radical (unpaired) electrons. The molecule has 1 saturated carbocycles. The van der Waals surface area contributed by atoms with E-state index in [1.54, 1.807) is 24.3 Å². The van der Waals surface area contributed by atoms with Gasteiger partial charge < -0.3 is 4.90 Å². The zero-order valence-electron chi connectivity index (χ0n) is 17.0. The van der Waals surface area contributed by atoms with Crippen LogP contribution < -0.4 is 9.62 Å². The van der Waals surface area contributed by atoms with Crippen LogP contribution in [0.5, 0.6) is 0 Å². The van der Waals surface area contributed by atoms with Gasteiger partial charge in [0.2, 0.25) is 5.91 Å². The van der Waals surface area contributed by atoms with Crippen molar-refractivity contribution >= 4 is 27.3 Å². The normalized spacial score (nSPS) is 17.0. The van der Waals surface area contributed by atoms with Crippen molar-refractivity contribution in [1.29, 1.82) is 0 Å². The van der Waals surface area contributed by atoms with Gasteiger partial charge >= 0.3 is 0 Å². The maximum atomic E-state index is 12.9. The molecule has 154 valence electrons. The Morgan fingerprint density at radius 3 is 2.41 bits per heavy atom. The van der Waals surface area contributed by atoms with Crippen molar-refractivity contribution in [3.05, 3.63) is 53.6 Å². The van der Waals surface area contributed by atoms with Gasteiger partial charge in [-0.25, -0.2) is 8.42 Å². The number of nitrogens with zero attached hydrogens (tertiary/aromatic N) is 1. The van der Waals surface area contributed by atoms with Crippen LogP contribution in [-0.4, -0.2) is 20.9 Å². The second-order valence-corrected chi connectivity index (χ2v) is 10.1. The molecular weight excluding hydrogens is 384 g/mol. The van der Waals surface area contributed by atoms with Crippen LogP contribution in [-0.2, 0) is 21.2 Å². The van der Waals surface area contributed by atoms with Crippen molar-refractivity contribution in [2.75, 3.05) is 16.2 Å². The lowest BCUT2D eigenvalue weighted by Gasteiger charge is -2.22. The van der Waals surface area contributed by atoms with Crippen molar-refractivity contribution in [1.82, 2.24) is 0 Å². The van der Waals surface area contributed by atoms with E-state index in [2.05, 4.69) is 18.6 Å². The quantitative estimate of drug-likeness (QED) is 0.775. The molecule has 6 heteroatoms. The van der Waals surface area contributed by atoms with E-state index in [1.807, 2.05) is 23.1 Å². The highest BCUT2D eigenvalue weighted by molar-refractivity contribution is 7.92. The third kappa shape index (κ3) is 4.04. The van der Waals surface area contributed by atoms with Crippen LogP contribution in [0.3, 0.4) is 0 Å². The van der Waals surface area contributed by atoms with E-state index in [-0.39, 0.29) is 16.7 Å². The van der Waals surface area contributed by atoms with Crippen molar-refractivity contribution in [2.45, 2.75) is 56.8 Å². The Labute approximate surface area is 173 Å². The maximum Gasteiger partial charge on any atom is 0.261 e. The Morgan fingerprint density at radius 1 is 1.07 bits per heavy atom. The molecule has 2 aliphatic rings. The Bertz CT molecular complexity index is 1010. The van der Waals surface area contributed by atoms with Crippen LogP contribution in [0.2, 0.25) is 0 Å². The number of hydrogen-bond donors (Lipinski definition) is 1. The predicted molar refractivity (Wildman–Crippen MR) is 116 cm³/mol. The lowest BCUT2D eigenvalue weighted by molar-refractivity contribution is -0.122. The first kappa shape index (κ1) is 20.0. The molecule has 1 amide bonds. The van der Waals surface area contributed by atoms with E-state index in [0.717, 1.165) is 48.9 Å². The standard InChI is InChI=1S/C23H28N2O3S/c1-16(2)17-8-11-21(12-9-17)29(27,28)24-20-10-7-18-13-14-25(22(18)15-20)23(26)19-5-3-4-6-19/h7-12,15-16,19,24H,3-6,13-14H2,1-2H3. The minimum Gasteiger partial charge on any atom is -0.312 e. The Balaban J connectivity index is 1.55. The van der Waals surface area contributed by atoms with Gasteiger partial charge in [-0.2, -0.15) is 0 Å². The summed E-state index contributed by atoms with van der Waals surface area (Å²) in [6.45, 7) is 4.83. The van der Waals surface area contributed by atoms with Gasteiger partial charge in [0.1, 0.15) is 0 Å². The number of anilines is 2. The van der Waals surface area contributed by atoms with Gasteiger partial charge in [0, 0.05) is 18.2 Å². The van der Waals surface area contributed by atoms with E-state index >= 15 is 0 Å². The molecule has 4 rings (SSSR count). The summed E-state index contributed by atoms with van der Waals surface area (Å²) in [6, 6.07) is 12.5. The van der Waals surface area contributed by atoms with Crippen LogP contribution in [0.1, 0.15) is 56.6 Å². The fourth-order valence-corrected chi connectivity index (χ4v) is 5.36. The summed E-state index contributed by atoms with van der Waals surface area (Å²) in [5.74, 6) is 0.645. The number of hydrogen-bond acceptors (Lipinski definition) is 3. The molecule has 1 aliphatic carbocycles. The molecule has 0 spiro atoms. The fraction of sp³-hybridized carbons (Fsp3) is 0.435. The first-order chi connectivity index (χ1) is 13.8. The SMILES string of the molecule is CC(C)c1ccc(S(=O)(=O)Nc2ccc3c(c2)N(C(=O)C2CCCC2)CC3)cc1. The number of sulfonamides is 1. The average molecular weight is 413 g/mol. The first-order valence-electron chi connectivity index (χ1n) is 10.4. The monoisotopic (exact) mass is 412 g/mol. The van der Waals surface area contributed by atoms with Crippen molar-refractivity contribution in [2.24, 2.45) is 5.92 Å². The lowest BCUT2D eigenvalue weighted by Crippen LogP contribution is -2.33. The van der Waals surface area contributed by atoms with Crippen molar-refractivity contribution in [3.63, 3.8) is 0 Å². The summed E-state index contributed by atoms with van der Waals surface area (Å²) in [6.07, 6.45) is 4.98. The van der Waals surface area contributed by atoms with E-state index < -0.39 is 10.0 Å². The van der Waals surface area contributed by atoms with Gasteiger partial charge in [0.15, 0.2) is 0 Å². The molecule has 2 aromatic carbocycles. The minimum atomic E-state index is -3.68. The topological polar surface area (TPSA) is 66.5 Å². The highest BCUT2D eigenvalue weighted by atomic mass is 32.2. The van der Waals surface area contributed by atoms with E-state index in [9.17, 15) is 13.2 Å². The fourth-order valence-electron chi connectivity index (χ4n) is 4.31. The largest absolute Gasteiger partial charge is 0.312 e. The molecule has 0 bridgehead atoms. The molecule has 0 saturated heterocycles.